The molecule has 1 saturated heterocycles. The zero-order valence-electron chi connectivity index (χ0n) is 31.5. The molecule has 52 heavy (non-hydrogen) atoms. The van der Waals surface area contributed by atoms with Gasteiger partial charge >= 0.3 is 0 Å². The minimum absolute atomic E-state index is 0.0391. The molecule has 3 saturated carbocycles. The summed E-state index contributed by atoms with van der Waals surface area (Å²) in [6, 6.07) is 16.5. The zero-order valence-corrected chi connectivity index (χ0v) is 31.5. The number of hydrogen-bond donors (Lipinski definition) is 4. The van der Waals surface area contributed by atoms with Gasteiger partial charge in [0.05, 0.1) is 26.4 Å². The Kier molecular flexibility index (Phi) is 11.3. The molecular formula is C41H55N5O6. The van der Waals surface area contributed by atoms with Crippen LogP contribution in [0.3, 0.4) is 0 Å². The number of aliphatic hydroxyl groups excluding tert-OH is 2. The van der Waals surface area contributed by atoms with Gasteiger partial charge in [0.25, 0.3) is 5.91 Å². The number of hydrogen-bond acceptors (Lipinski definition) is 9. The van der Waals surface area contributed by atoms with Crippen LogP contribution in [0, 0.1) is 29.1 Å². The number of amides is 2. The number of carbonyl (C=O) groups is 2. The van der Waals surface area contributed by atoms with E-state index < -0.39 is 24.2 Å². The first kappa shape index (κ1) is 37.7. The molecule has 280 valence electrons. The number of fused-ring (bicyclic) bond motifs is 2. The van der Waals surface area contributed by atoms with E-state index in [4.69, 9.17) is 9.57 Å². The van der Waals surface area contributed by atoms with Crippen LogP contribution in [0.15, 0.2) is 60.8 Å². The number of para-hydroxylation sites is 1. The second kappa shape index (κ2) is 15.5. The predicted octanol–water partition coefficient (Wildman–Crippen LogP) is 4.46. The third-order valence-electron chi connectivity index (χ3n) is 12.1. The monoisotopic (exact) mass is 713 g/mol. The summed E-state index contributed by atoms with van der Waals surface area (Å²) in [6.45, 7) is 8.82. The smallest absolute Gasteiger partial charge is 0.251 e. The van der Waals surface area contributed by atoms with Gasteiger partial charge < -0.3 is 30.5 Å². The highest BCUT2D eigenvalue weighted by atomic mass is 16.7. The molecule has 4 N–H and O–H groups in total. The Labute approximate surface area is 307 Å². The van der Waals surface area contributed by atoms with Gasteiger partial charge in [-0.3, -0.25) is 19.4 Å². The molecule has 8 atom stereocenters. The maximum Gasteiger partial charge on any atom is 0.251 e. The lowest BCUT2D eigenvalue weighted by Crippen LogP contribution is -2.62. The molecule has 3 aromatic rings. The molecule has 0 spiro atoms. The Morgan fingerprint density at radius 2 is 1.92 bits per heavy atom. The van der Waals surface area contributed by atoms with E-state index in [0.717, 1.165) is 34.5 Å². The minimum Gasteiger partial charge on any atom is -0.496 e. The molecule has 2 heterocycles. The van der Waals surface area contributed by atoms with Crippen LogP contribution in [0.4, 0.5) is 5.69 Å². The van der Waals surface area contributed by atoms with Crippen molar-refractivity contribution in [1.82, 2.24) is 20.7 Å². The van der Waals surface area contributed by atoms with Gasteiger partial charge in [-0.05, 0) is 78.8 Å². The lowest BCUT2D eigenvalue weighted by Gasteiger charge is -2.62. The Hall–Kier alpha value is -4.03. The summed E-state index contributed by atoms with van der Waals surface area (Å²) in [4.78, 5) is 40.2. The predicted molar refractivity (Wildman–Crippen MR) is 201 cm³/mol. The number of nitrogens with one attached hydrogen (secondary N) is 2. The summed E-state index contributed by atoms with van der Waals surface area (Å²) in [5.41, 5.74) is 4.87. The maximum absolute atomic E-state index is 14.2. The van der Waals surface area contributed by atoms with Crippen LogP contribution in [0.5, 0.6) is 5.75 Å². The average Bonchev–Trinajstić information content (AvgIpc) is 3.51. The van der Waals surface area contributed by atoms with Crippen molar-refractivity contribution in [1.29, 1.82) is 0 Å². The number of carbonyl (C=O) groups excluding carboxylic acids is 2. The van der Waals surface area contributed by atoms with E-state index in [-0.39, 0.29) is 36.4 Å². The molecule has 0 radical (unpaired) electrons. The van der Waals surface area contributed by atoms with E-state index in [1.807, 2.05) is 73.6 Å². The first-order chi connectivity index (χ1) is 24.8. The molecule has 2 aromatic carbocycles. The van der Waals surface area contributed by atoms with Gasteiger partial charge in [-0.25, -0.2) is 0 Å². The van der Waals surface area contributed by atoms with Crippen molar-refractivity contribution < 1.29 is 29.4 Å². The lowest BCUT2D eigenvalue weighted by molar-refractivity contribution is -0.183. The summed E-state index contributed by atoms with van der Waals surface area (Å²) in [5.74, 6) is 1.01. The molecule has 0 unspecified atom stereocenters. The summed E-state index contributed by atoms with van der Waals surface area (Å²) in [7, 11) is 5.46. The summed E-state index contributed by atoms with van der Waals surface area (Å²) < 4.78 is 6.05. The number of benzene rings is 2. The highest BCUT2D eigenvalue weighted by molar-refractivity contribution is 5.97. The van der Waals surface area contributed by atoms with Gasteiger partial charge in [-0.1, -0.05) is 45.0 Å². The number of nitrogens with zero attached hydrogens (tertiary/aromatic N) is 3. The van der Waals surface area contributed by atoms with E-state index in [0.29, 0.717) is 42.0 Å². The highest BCUT2D eigenvalue weighted by Crippen LogP contribution is 2.61. The van der Waals surface area contributed by atoms with Crippen LogP contribution in [0.25, 0.3) is 11.1 Å². The molecule has 2 amide bonds. The van der Waals surface area contributed by atoms with E-state index in [1.54, 1.807) is 25.3 Å². The number of methoxy groups -OCH3 is 1. The second-order valence-corrected chi connectivity index (χ2v) is 15.7. The van der Waals surface area contributed by atoms with Crippen LogP contribution >= 0.6 is 0 Å². The molecule has 11 heteroatoms. The number of ether oxygens (including phenoxy) is 1. The topological polar surface area (TPSA) is 136 Å². The normalized spacial score (nSPS) is 27.0. The first-order valence-electron chi connectivity index (χ1n) is 18.5. The number of anilines is 1. The fourth-order valence-corrected chi connectivity index (χ4v) is 8.94. The molecule has 1 aliphatic heterocycles. The van der Waals surface area contributed by atoms with Gasteiger partial charge in [0.15, 0.2) is 0 Å². The van der Waals surface area contributed by atoms with E-state index >= 15 is 0 Å². The Balaban J connectivity index is 1.26. The third-order valence-corrected chi connectivity index (χ3v) is 12.1. The van der Waals surface area contributed by atoms with Gasteiger partial charge in [0, 0.05) is 73.3 Å². The van der Waals surface area contributed by atoms with Crippen molar-refractivity contribution in [2.24, 2.45) is 29.1 Å². The molecular weight excluding hydrogens is 658 g/mol. The van der Waals surface area contributed by atoms with E-state index in [1.165, 1.54) is 6.42 Å². The SMILES string of the molecule is COc1c(CN2O[C@@H](CO)[C@H]([C@H](C)O)[C@H]2C(=O)N[C@H]2C[C@H]3C[C@@H]([C@@H]2C)C3(C)C)cccc1-c1cc(C(=O)NCCc2ccccn2)cc(N(C)C)c1. The fourth-order valence-electron chi connectivity index (χ4n) is 8.94. The van der Waals surface area contributed by atoms with Crippen molar-refractivity contribution in [3.63, 3.8) is 0 Å². The number of aromatic nitrogens is 1. The summed E-state index contributed by atoms with van der Waals surface area (Å²) in [5, 5.41) is 29.2. The molecule has 4 aliphatic rings. The molecule has 4 fully saturated rings. The molecule has 3 aliphatic carbocycles. The van der Waals surface area contributed by atoms with E-state index in [9.17, 15) is 19.8 Å². The van der Waals surface area contributed by atoms with E-state index in [2.05, 4.69) is 36.4 Å². The standard InChI is InChI=1S/C41H55N5O6/c1-24-33-20-29(41(33,3)4)21-34(24)44-40(50)37-36(25(2)48)35(23-47)52-46(37)22-26-11-10-13-32(38(26)51-7)27-17-28(19-31(18-27)45(5)6)39(49)43-16-14-30-12-8-9-15-42-30/h8-13,15,17-19,24-25,29,33-37,47-48H,14,16,20-23H2,1-7H3,(H,43,49)(H,44,50)/t24-,25-,29+,33-,34-,35-,36-,37-/m0/s1. The van der Waals surface area contributed by atoms with Crippen molar-refractivity contribution in [3.05, 3.63) is 77.6 Å². The van der Waals surface area contributed by atoms with Crippen LogP contribution in [0.2, 0.25) is 0 Å². The molecule has 1 aromatic heterocycles. The van der Waals surface area contributed by atoms with Crippen molar-refractivity contribution in [2.75, 3.05) is 39.3 Å². The number of aliphatic hydroxyl groups is 2. The largest absolute Gasteiger partial charge is 0.496 e. The van der Waals surface area contributed by atoms with Gasteiger partial charge in [0.1, 0.15) is 17.9 Å². The van der Waals surface area contributed by atoms with Gasteiger partial charge in [-0.15, -0.1) is 0 Å². The van der Waals surface area contributed by atoms with Crippen LogP contribution < -0.4 is 20.3 Å². The van der Waals surface area contributed by atoms with Crippen LogP contribution in [-0.2, 0) is 22.6 Å². The fraction of sp³-hybridized carbons (Fsp3) is 0.537. The Bertz CT molecular complexity index is 1730. The van der Waals surface area contributed by atoms with Crippen molar-refractivity contribution in [2.45, 2.75) is 77.8 Å². The van der Waals surface area contributed by atoms with Crippen LogP contribution in [0.1, 0.15) is 62.2 Å². The average molecular weight is 714 g/mol. The van der Waals surface area contributed by atoms with Gasteiger partial charge in [0.2, 0.25) is 5.91 Å². The zero-order chi connectivity index (χ0) is 37.3. The summed E-state index contributed by atoms with van der Waals surface area (Å²) in [6.07, 6.45) is 2.84. The third kappa shape index (κ3) is 7.42. The number of rotatable bonds is 13. The highest BCUT2D eigenvalue weighted by Gasteiger charge is 2.57. The maximum atomic E-state index is 14.2. The summed E-state index contributed by atoms with van der Waals surface area (Å²) >= 11 is 0. The second-order valence-electron chi connectivity index (χ2n) is 15.7. The number of hydroxylamine groups is 2. The molecule has 2 bridgehead atoms. The van der Waals surface area contributed by atoms with Crippen LogP contribution in [-0.4, -0.2) is 90.7 Å². The van der Waals surface area contributed by atoms with Crippen molar-refractivity contribution in [3.8, 4) is 16.9 Å². The lowest BCUT2D eigenvalue weighted by atomic mass is 9.45. The Morgan fingerprint density at radius 3 is 2.56 bits per heavy atom. The van der Waals surface area contributed by atoms with Gasteiger partial charge in [-0.2, -0.15) is 5.06 Å². The molecule has 11 nitrogen and oxygen atoms in total. The quantitative estimate of drug-likeness (QED) is 0.203. The number of pyridine rings is 1. The van der Waals surface area contributed by atoms with Crippen molar-refractivity contribution >= 4 is 17.5 Å². The first-order valence-corrected chi connectivity index (χ1v) is 18.5. The molecule has 7 rings (SSSR count). The minimum atomic E-state index is -0.899. The Morgan fingerprint density at radius 1 is 1.13 bits per heavy atom.